The molecule has 0 radical (unpaired) electrons. The number of piperidine rings is 1. The quantitative estimate of drug-likeness (QED) is 0.689. The fraction of sp³-hybridized carbons (Fsp3) is 0.700. The lowest BCUT2D eigenvalue weighted by Gasteiger charge is -2.38. The monoisotopic (exact) mass is 405 g/mol. The fourth-order valence-corrected chi connectivity index (χ4v) is 4.28. The van der Waals surface area contributed by atoms with Crippen LogP contribution in [-0.2, 0) is 16.1 Å². The van der Waals surface area contributed by atoms with Crippen molar-refractivity contribution in [2.45, 2.75) is 57.2 Å². The van der Waals surface area contributed by atoms with Gasteiger partial charge in [-0.3, -0.25) is 14.2 Å². The minimum Gasteiger partial charge on any atom is -0.388 e. The number of amides is 2. The number of rotatable bonds is 5. The summed E-state index contributed by atoms with van der Waals surface area (Å²) in [6, 6.07) is 1.85. The number of β-amino-alcohol motifs (C(OH)–C–C–N with tert-alkyl or cyclic N) is 1. The topological polar surface area (TPSA) is 108 Å². The van der Waals surface area contributed by atoms with Gasteiger partial charge in [-0.1, -0.05) is 0 Å². The van der Waals surface area contributed by atoms with E-state index in [0.717, 1.165) is 32.4 Å². The van der Waals surface area contributed by atoms with Crippen molar-refractivity contribution in [3.8, 4) is 0 Å². The second kappa shape index (κ2) is 9.49. The molecule has 2 aliphatic rings. The Morgan fingerprint density at radius 2 is 2.00 bits per heavy atom. The van der Waals surface area contributed by atoms with Crippen LogP contribution < -0.4 is 11.0 Å². The maximum absolute atomic E-state index is 12.6. The molecule has 29 heavy (non-hydrogen) atoms. The molecule has 0 aliphatic carbocycles. The zero-order chi connectivity index (χ0) is 20.9. The van der Waals surface area contributed by atoms with Gasteiger partial charge < -0.3 is 20.2 Å². The highest BCUT2D eigenvalue weighted by Gasteiger charge is 2.34. The number of hydrogen-bond acceptors (Lipinski definition) is 6. The highest BCUT2D eigenvalue weighted by molar-refractivity contribution is 5.76. The minimum absolute atomic E-state index is 0.00384. The summed E-state index contributed by atoms with van der Waals surface area (Å²) in [5, 5.41) is 14.1. The van der Waals surface area contributed by atoms with Gasteiger partial charge in [-0.2, -0.15) is 0 Å². The van der Waals surface area contributed by atoms with E-state index in [1.807, 2.05) is 0 Å². The largest absolute Gasteiger partial charge is 0.388 e. The summed E-state index contributed by atoms with van der Waals surface area (Å²) in [5.74, 6) is -0.121. The number of aliphatic hydroxyl groups is 1. The van der Waals surface area contributed by atoms with E-state index in [4.69, 9.17) is 0 Å². The van der Waals surface area contributed by atoms with Crippen LogP contribution in [0.3, 0.4) is 0 Å². The molecule has 9 heteroatoms. The molecule has 9 nitrogen and oxygen atoms in total. The summed E-state index contributed by atoms with van der Waals surface area (Å²) >= 11 is 0. The third-order valence-corrected chi connectivity index (χ3v) is 5.87. The van der Waals surface area contributed by atoms with Crippen molar-refractivity contribution in [2.75, 3.05) is 32.7 Å². The smallest absolute Gasteiger partial charge is 0.347 e. The third kappa shape index (κ3) is 6.11. The molecule has 3 heterocycles. The average Bonchev–Trinajstić information content (AvgIpc) is 2.87. The molecule has 0 aromatic carbocycles. The molecule has 2 N–H and O–H groups in total. The van der Waals surface area contributed by atoms with Gasteiger partial charge in [-0.25, -0.2) is 9.78 Å². The summed E-state index contributed by atoms with van der Waals surface area (Å²) in [5.41, 5.74) is -1.25. The maximum Gasteiger partial charge on any atom is 0.347 e. The molecule has 160 valence electrons. The van der Waals surface area contributed by atoms with Crippen LogP contribution >= 0.6 is 0 Å². The number of carbonyl (C=O) groups is 2. The predicted molar refractivity (Wildman–Crippen MR) is 107 cm³/mol. The Balaban J connectivity index is 1.50. The van der Waals surface area contributed by atoms with E-state index in [1.165, 1.54) is 10.8 Å². The molecule has 2 saturated heterocycles. The molecule has 1 aromatic heterocycles. The van der Waals surface area contributed by atoms with Crippen molar-refractivity contribution in [2.24, 2.45) is 0 Å². The van der Waals surface area contributed by atoms with Gasteiger partial charge in [-0.05, 0) is 38.2 Å². The molecule has 1 atom stereocenters. The first-order valence-corrected chi connectivity index (χ1v) is 10.4. The number of nitrogens with zero attached hydrogens (tertiary/aromatic N) is 4. The first kappa shape index (κ1) is 21.4. The van der Waals surface area contributed by atoms with Crippen molar-refractivity contribution in [3.05, 3.63) is 28.9 Å². The van der Waals surface area contributed by atoms with Gasteiger partial charge in [0, 0.05) is 58.1 Å². The number of likely N-dealkylation sites (tertiary alicyclic amines) is 2. The van der Waals surface area contributed by atoms with E-state index in [9.17, 15) is 19.5 Å². The zero-order valence-electron chi connectivity index (χ0n) is 17.0. The number of hydrogen-bond donors (Lipinski definition) is 2. The molecule has 0 bridgehead atoms. The Labute approximate surface area is 170 Å². The Hall–Kier alpha value is -2.26. The predicted octanol–water partition coefficient (Wildman–Crippen LogP) is -0.413. The highest BCUT2D eigenvalue weighted by atomic mass is 16.3. The van der Waals surface area contributed by atoms with Crippen LogP contribution in [0.2, 0.25) is 0 Å². The van der Waals surface area contributed by atoms with Crippen LogP contribution in [0.1, 0.15) is 39.0 Å². The van der Waals surface area contributed by atoms with Crippen LogP contribution in [-0.4, -0.2) is 80.6 Å². The standard InChI is InChI=1S/C20H31N5O4/c1-16(26)22-17-4-11-23(12-5-17)15-20(29)6-2-9-24(13-7-20)18(27)14-25-10-3-8-21-19(25)28/h3,8,10,17,29H,2,4-7,9,11-15H2,1H3,(H,22,26)/t20-/m1/s1. The lowest BCUT2D eigenvalue weighted by molar-refractivity contribution is -0.132. The molecule has 2 aliphatic heterocycles. The van der Waals surface area contributed by atoms with Gasteiger partial charge in [-0.15, -0.1) is 0 Å². The summed E-state index contributed by atoms with van der Waals surface area (Å²) in [6.45, 7) is 4.86. The van der Waals surface area contributed by atoms with E-state index >= 15 is 0 Å². The number of aromatic nitrogens is 2. The van der Waals surface area contributed by atoms with Crippen molar-refractivity contribution in [1.29, 1.82) is 0 Å². The zero-order valence-corrected chi connectivity index (χ0v) is 17.0. The Morgan fingerprint density at radius 3 is 2.69 bits per heavy atom. The Bertz CT molecular complexity index is 774. The molecule has 3 rings (SSSR count). The highest BCUT2D eigenvalue weighted by Crippen LogP contribution is 2.25. The summed E-state index contributed by atoms with van der Waals surface area (Å²) in [6.07, 6.45) is 6.65. The lowest BCUT2D eigenvalue weighted by atomic mass is 9.93. The van der Waals surface area contributed by atoms with Gasteiger partial charge in [0.2, 0.25) is 11.8 Å². The molecular weight excluding hydrogens is 374 g/mol. The van der Waals surface area contributed by atoms with Gasteiger partial charge >= 0.3 is 5.69 Å². The van der Waals surface area contributed by atoms with Crippen LogP contribution in [0, 0.1) is 0 Å². The van der Waals surface area contributed by atoms with Crippen LogP contribution in [0.4, 0.5) is 0 Å². The van der Waals surface area contributed by atoms with Crippen molar-refractivity contribution in [3.63, 3.8) is 0 Å². The van der Waals surface area contributed by atoms with E-state index in [-0.39, 0.29) is 24.4 Å². The van der Waals surface area contributed by atoms with E-state index in [0.29, 0.717) is 32.5 Å². The second-order valence-corrected chi connectivity index (χ2v) is 8.24. The van der Waals surface area contributed by atoms with Crippen molar-refractivity contribution in [1.82, 2.24) is 24.7 Å². The molecule has 2 fully saturated rings. The van der Waals surface area contributed by atoms with Crippen LogP contribution in [0.5, 0.6) is 0 Å². The SMILES string of the molecule is CC(=O)NC1CCN(C[C@@]2(O)CCCN(C(=O)Cn3cccnc3=O)CC2)CC1. The summed E-state index contributed by atoms with van der Waals surface area (Å²) < 4.78 is 1.30. The number of nitrogens with one attached hydrogen (secondary N) is 1. The molecule has 1 aromatic rings. The Morgan fingerprint density at radius 1 is 1.24 bits per heavy atom. The van der Waals surface area contributed by atoms with Crippen LogP contribution in [0.15, 0.2) is 23.3 Å². The van der Waals surface area contributed by atoms with Crippen molar-refractivity contribution >= 4 is 11.8 Å². The summed E-state index contributed by atoms with van der Waals surface area (Å²) in [4.78, 5) is 43.2. The van der Waals surface area contributed by atoms with E-state index < -0.39 is 11.3 Å². The number of carbonyl (C=O) groups excluding carboxylic acids is 2. The molecule has 0 unspecified atom stereocenters. The molecule has 0 saturated carbocycles. The van der Waals surface area contributed by atoms with E-state index in [1.54, 1.807) is 24.1 Å². The fourth-order valence-electron chi connectivity index (χ4n) is 4.28. The van der Waals surface area contributed by atoms with Gasteiger partial charge in [0.15, 0.2) is 0 Å². The van der Waals surface area contributed by atoms with E-state index in [2.05, 4.69) is 15.2 Å². The maximum atomic E-state index is 12.6. The molecular formula is C20H31N5O4. The second-order valence-electron chi connectivity index (χ2n) is 8.24. The molecule has 0 spiro atoms. The van der Waals surface area contributed by atoms with Crippen LogP contribution in [0.25, 0.3) is 0 Å². The third-order valence-electron chi connectivity index (χ3n) is 5.87. The first-order valence-electron chi connectivity index (χ1n) is 10.4. The van der Waals surface area contributed by atoms with Crippen molar-refractivity contribution < 1.29 is 14.7 Å². The van der Waals surface area contributed by atoms with Gasteiger partial charge in [0.1, 0.15) is 6.54 Å². The normalized spacial score (nSPS) is 24.1. The average molecular weight is 405 g/mol. The van der Waals surface area contributed by atoms with Gasteiger partial charge in [0.05, 0.1) is 5.60 Å². The minimum atomic E-state index is -0.818. The summed E-state index contributed by atoms with van der Waals surface area (Å²) in [7, 11) is 0. The van der Waals surface area contributed by atoms with Gasteiger partial charge in [0.25, 0.3) is 0 Å². The Kier molecular flexibility index (Phi) is 7.02. The lowest BCUT2D eigenvalue weighted by Crippen LogP contribution is -2.50. The molecule has 2 amide bonds. The first-order chi connectivity index (χ1) is 13.8.